The molecule has 1 rings (SSSR count). The van der Waals surface area contributed by atoms with Crippen LogP contribution in [0.1, 0.15) is 19.3 Å². The van der Waals surface area contributed by atoms with Crippen LogP contribution in [0.15, 0.2) is 0 Å². The van der Waals surface area contributed by atoms with E-state index in [1.807, 2.05) is 0 Å². The number of methoxy groups -OCH3 is 1. The molecule has 0 aromatic heterocycles. The van der Waals surface area contributed by atoms with E-state index in [0.29, 0.717) is 19.1 Å². The molecule has 2 N–H and O–H groups in total. The number of hydrogen-bond acceptors (Lipinski definition) is 3. The van der Waals surface area contributed by atoms with Crippen molar-refractivity contribution in [2.75, 3.05) is 26.8 Å². The molecule has 1 heterocycles. The van der Waals surface area contributed by atoms with Crippen LogP contribution in [0.3, 0.4) is 0 Å². The summed E-state index contributed by atoms with van der Waals surface area (Å²) in [4.78, 5) is 11.3. The summed E-state index contributed by atoms with van der Waals surface area (Å²) < 4.78 is 4.87. The van der Waals surface area contributed by atoms with Crippen LogP contribution >= 0.6 is 0 Å². The Balaban J connectivity index is 2.02. The lowest BCUT2D eigenvalue weighted by molar-refractivity contribution is -0.122. The first-order valence-corrected chi connectivity index (χ1v) is 4.82. The van der Waals surface area contributed by atoms with E-state index < -0.39 is 0 Å². The van der Waals surface area contributed by atoms with E-state index in [4.69, 9.17) is 4.74 Å². The van der Waals surface area contributed by atoms with Gasteiger partial charge in [0.25, 0.3) is 0 Å². The van der Waals surface area contributed by atoms with Gasteiger partial charge in [0.1, 0.15) is 0 Å². The summed E-state index contributed by atoms with van der Waals surface area (Å²) in [6.07, 6.45) is 2.43. The largest absolute Gasteiger partial charge is 0.385 e. The third kappa shape index (κ3) is 4.24. The third-order valence-corrected chi connectivity index (χ3v) is 2.18. The van der Waals surface area contributed by atoms with E-state index >= 15 is 0 Å². The lowest BCUT2D eigenvalue weighted by Gasteiger charge is -2.10. The zero-order valence-electron chi connectivity index (χ0n) is 8.14. The summed E-state index contributed by atoms with van der Waals surface area (Å²) >= 11 is 0. The number of amides is 1. The van der Waals surface area contributed by atoms with Crippen LogP contribution in [0, 0.1) is 0 Å². The first kappa shape index (κ1) is 10.5. The molecule has 0 aliphatic carbocycles. The minimum atomic E-state index is 0.144. The highest BCUT2D eigenvalue weighted by atomic mass is 16.5. The van der Waals surface area contributed by atoms with Gasteiger partial charge in [0.2, 0.25) is 5.91 Å². The molecule has 1 aliphatic heterocycles. The highest BCUT2D eigenvalue weighted by molar-refractivity contribution is 5.76. The Labute approximate surface area is 79.0 Å². The maximum atomic E-state index is 11.3. The van der Waals surface area contributed by atoms with Gasteiger partial charge in [0.15, 0.2) is 0 Å². The highest BCUT2D eigenvalue weighted by Crippen LogP contribution is 1.98. The molecule has 4 heteroatoms. The van der Waals surface area contributed by atoms with Gasteiger partial charge in [-0.05, 0) is 19.4 Å². The normalized spacial score (nSPS) is 21.8. The topological polar surface area (TPSA) is 50.4 Å². The second kappa shape index (κ2) is 5.94. The fraction of sp³-hybridized carbons (Fsp3) is 0.889. The summed E-state index contributed by atoms with van der Waals surface area (Å²) in [5.74, 6) is 0.144. The molecule has 0 radical (unpaired) electrons. The molecule has 1 aliphatic rings. The van der Waals surface area contributed by atoms with E-state index in [1.165, 1.54) is 0 Å². The van der Waals surface area contributed by atoms with Crippen LogP contribution in [-0.4, -0.2) is 38.8 Å². The van der Waals surface area contributed by atoms with Gasteiger partial charge in [0.05, 0.1) is 0 Å². The third-order valence-electron chi connectivity index (χ3n) is 2.18. The fourth-order valence-corrected chi connectivity index (χ4v) is 1.45. The number of carbonyl (C=O) groups is 1. The molecule has 0 aromatic carbocycles. The van der Waals surface area contributed by atoms with Gasteiger partial charge in [-0.2, -0.15) is 0 Å². The number of carbonyl (C=O) groups excluding carboxylic acids is 1. The van der Waals surface area contributed by atoms with E-state index in [1.54, 1.807) is 7.11 Å². The molecule has 1 saturated heterocycles. The molecule has 1 fully saturated rings. The highest BCUT2D eigenvalue weighted by Gasteiger charge is 2.15. The summed E-state index contributed by atoms with van der Waals surface area (Å²) in [7, 11) is 1.65. The van der Waals surface area contributed by atoms with Gasteiger partial charge in [-0.1, -0.05) is 0 Å². The number of hydrogen-bond donors (Lipinski definition) is 2. The van der Waals surface area contributed by atoms with Crippen molar-refractivity contribution >= 4 is 5.91 Å². The molecule has 1 unspecified atom stereocenters. The second-order valence-electron chi connectivity index (χ2n) is 3.35. The average Bonchev–Trinajstić information content (AvgIpc) is 2.57. The summed E-state index contributed by atoms with van der Waals surface area (Å²) in [5.41, 5.74) is 0. The van der Waals surface area contributed by atoms with Crippen LogP contribution in [0.4, 0.5) is 0 Å². The van der Waals surface area contributed by atoms with Gasteiger partial charge in [-0.15, -0.1) is 0 Å². The van der Waals surface area contributed by atoms with Crippen LogP contribution in [0.5, 0.6) is 0 Å². The van der Waals surface area contributed by atoms with E-state index in [-0.39, 0.29) is 5.91 Å². The van der Waals surface area contributed by atoms with Crippen molar-refractivity contribution in [1.29, 1.82) is 0 Å². The van der Waals surface area contributed by atoms with Crippen molar-refractivity contribution in [3.63, 3.8) is 0 Å². The van der Waals surface area contributed by atoms with Gasteiger partial charge < -0.3 is 15.4 Å². The molecule has 0 bridgehead atoms. The predicted molar refractivity (Wildman–Crippen MR) is 50.5 cm³/mol. The molecule has 1 amide bonds. The lowest BCUT2D eigenvalue weighted by atomic mass is 10.2. The Kier molecular flexibility index (Phi) is 4.78. The van der Waals surface area contributed by atoms with Crippen LogP contribution < -0.4 is 10.6 Å². The van der Waals surface area contributed by atoms with Crippen molar-refractivity contribution in [3.05, 3.63) is 0 Å². The summed E-state index contributed by atoms with van der Waals surface area (Å²) in [5, 5.41) is 6.19. The van der Waals surface area contributed by atoms with Gasteiger partial charge in [-0.25, -0.2) is 0 Å². The standard InChI is InChI=1S/C9H18N2O2/c1-13-6-2-3-9(12)11-8-4-5-10-7-8/h8,10H,2-7H2,1H3,(H,11,12). The van der Waals surface area contributed by atoms with Crippen molar-refractivity contribution in [2.45, 2.75) is 25.3 Å². The van der Waals surface area contributed by atoms with E-state index in [9.17, 15) is 4.79 Å². The maximum absolute atomic E-state index is 11.3. The van der Waals surface area contributed by atoms with E-state index in [2.05, 4.69) is 10.6 Å². The molecule has 0 saturated carbocycles. The fourth-order valence-electron chi connectivity index (χ4n) is 1.45. The molecule has 13 heavy (non-hydrogen) atoms. The SMILES string of the molecule is COCCCC(=O)NC1CCNC1. The Morgan fingerprint density at radius 3 is 3.15 bits per heavy atom. The number of rotatable bonds is 5. The molecule has 0 spiro atoms. The molecule has 0 aromatic rings. The van der Waals surface area contributed by atoms with Gasteiger partial charge in [0, 0.05) is 32.7 Å². The van der Waals surface area contributed by atoms with Crippen molar-refractivity contribution in [1.82, 2.24) is 10.6 Å². The minimum absolute atomic E-state index is 0.144. The zero-order valence-corrected chi connectivity index (χ0v) is 8.14. The Morgan fingerprint density at radius 2 is 2.54 bits per heavy atom. The van der Waals surface area contributed by atoms with Gasteiger partial charge >= 0.3 is 0 Å². The summed E-state index contributed by atoms with van der Waals surface area (Å²) in [6, 6.07) is 0.343. The Bertz CT molecular complexity index is 156. The molecular weight excluding hydrogens is 168 g/mol. The first-order valence-electron chi connectivity index (χ1n) is 4.82. The monoisotopic (exact) mass is 186 g/mol. The minimum Gasteiger partial charge on any atom is -0.385 e. The number of ether oxygens (including phenoxy) is 1. The number of nitrogens with one attached hydrogen (secondary N) is 2. The quantitative estimate of drug-likeness (QED) is 0.589. The molecule has 4 nitrogen and oxygen atoms in total. The first-order chi connectivity index (χ1) is 6.33. The van der Waals surface area contributed by atoms with Gasteiger partial charge in [-0.3, -0.25) is 4.79 Å². The smallest absolute Gasteiger partial charge is 0.220 e. The maximum Gasteiger partial charge on any atom is 0.220 e. The summed E-state index contributed by atoms with van der Waals surface area (Å²) in [6.45, 7) is 2.59. The Hall–Kier alpha value is -0.610. The zero-order chi connectivity index (χ0) is 9.52. The van der Waals surface area contributed by atoms with Crippen LogP contribution in [0.2, 0.25) is 0 Å². The van der Waals surface area contributed by atoms with Crippen LogP contribution in [0.25, 0.3) is 0 Å². The van der Waals surface area contributed by atoms with E-state index in [0.717, 1.165) is 25.9 Å². The van der Waals surface area contributed by atoms with Crippen molar-refractivity contribution in [2.24, 2.45) is 0 Å². The second-order valence-corrected chi connectivity index (χ2v) is 3.35. The van der Waals surface area contributed by atoms with Crippen LogP contribution in [-0.2, 0) is 9.53 Å². The van der Waals surface area contributed by atoms with Crippen molar-refractivity contribution < 1.29 is 9.53 Å². The molecule has 76 valence electrons. The predicted octanol–water partition coefficient (Wildman–Crippen LogP) is -0.109. The Morgan fingerprint density at radius 1 is 1.69 bits per heavy atom. The molecular formula is C9H18N2O2. The molecule has 1 atom stereocenters. The lowest BCUT2D eigenvalue weighted by Crippen LogP contribution is -2.36. The average molecular weight is 186 g/mol. The van der Waals surface area contributed by atoms with Crippen molar-refractivity contribution in [3.8, 4) is 0 Å².